The van der Waals surface area contributed by atoms with Crippen LogP contribution in [-0.2, 0) is 5.41 Å². The molecule has 0 unspecified atom stereocenters. The standard InChI is InChI=1S/C17H18N2O/c1-13-4-6-14(7-5-13)16(20)19-12-17(8-9-17)15-3-2-10-18-11-15/h2-7,10-11H,8-9,12H2,1H3,(H,19,20). The molecule has 0 radical (unpaired) electrons. The Morgan fingerprint density at radius 2 is 2.00 bits per heavy atom. The van der Waals surface area contributed by atoms with Gasteiger partial charge in [0.25, 0.3) is 5.91 Å². The number of benzene rings is 1. The van der Waals surface area contributed by atoms with Crippen molar-refractivity contribution in [3.8, 4) is 0 Å². The molecule has 1 aliphatic rings. The van der Waals surface area contributed by atoms with Crippen LogP contribution in [0, 0.1) is 6.92 Å². The van der Waals surface area contributed by atoms with Gasteiger partial charge < -0.3 is 5.32 Å². The van der Waals surface area contributed by atoms with E-state index in [1.807, 2.05) is 43.5 Å². The minimum atomic E-state index is 0.000153. The van der Waals surface area contributed by atoms with E-state index in [4.69, 9.17) is 0 Å². The average molecular weight is 266 g/mol. The van der Waals surface area contributed by atoms with Crippen LogP contribution in [0.1, 0.15) is 34.3 Å². The molecule has 0 atom stereocenters. The number of pyridine rings is 1. The number of nitrogens with one attached hydrogen (secondary N) is 1. The average Bonchev–Trinajstić information content (AvgIpc) is 3.28. The summed E-state index contributed by atoms with van der Waals surface area (Å²) in [6.07, 6.45) is 5.93. The summed E-state index contributed by atoms with van der Waals surface area (Å²) in [5, 5.41) is 3.05. The highest BCUT2D eigenvalue weighted by Crippen LogP contribution is 2.47. The number of carbonyl (C=O) groups is 1. The number of nitrogens with zero attached hydrogens (tertiary/aromatic N) is 1. The number of rotatable bonds is 4. The molecule has 20 heavy (non-hydrogen) atoms. The van der Waals surface area contributed by atoms with Crippen LogP contribution in [0.25, 0.3) is 0 Å². The Balaban J connectivity index is 1.65. The van der Waals surface area contributed by atoms with Crippen LogP contribution in [-0.4, -0.2) is 17.4 Å². The molecule has 1 amide bonds. The molecule has 0 saturated heterocycles. The van der Waals surface area contributed by atoms with Crippen LogP contribution < -0.4 is 5.32 Å². The predicted molar refractivity (Wildman–Crippen MR) is 78.7 cm³/mol. The molecule has 0 aliphatic heterocycles. The van der Waals surface area contributed by atoms with Crippen molar-refractivity contribution in [2.45, 2.75) is 25.2 Å². The van der Waals surface area contributed by atoms with Gasteiger partial charge in [0.2, 0.25) is 0 Å². The van der Waals surface area contributed by atoms with Gasteiger partial charge in [-0.15, -0.1) is 0 Å². The monoisotopic (exact) mass is 266 g/mol. The van der Waals surface area contributed by atoms with E-state index in [1.54, 1.807) is 6.20 Å². The maximum absolute atomic E-state index is 12.1. The second kappa shape index (κ2) is 5.08. The Morgan fingerprint density at radius 1 is 1.25 bits per heavy atom. The van der Waals surface area contributed by atoms with Gasteiger partial charge >= 0.3 is 0 Å². The zero-order valence-electron chi connectivity index (χ0n) is 11.6. The molecule has 1 N–H and O–H groups in total. The topological polar surface area (TPSA) is 42.0 Å². The summed E-state index contributed by atoms with van der Waals surface area (Å²) < 4.78 is 0. The summed E-state index contributed by atoms with van der Waals surface area (Å²) in [6.45, 7) is 2.70. The number of hydrogen-bond acceptors (Lipinski definition) is 2. The van der Waals surface area contributed by atoms with E-state index >= 15 is 0 Å². The van der Waals surface area contributed by atoms with Crippen molar-refractivity contribution < 1.29 is 4.79 Å². The summed E-state index contributed by atoms with van der Waals surface area (Å²) in [6, 6.07) is 11.7. The molecule has 3 nitrogen and oxygen atoms in total. The third-order valence-electron chi connectivity index (χ3n) is 4.03. The van der Waals surface area contributed by atoms with Gasteiger partial charge in [0.05, 0.1) is 0 Å². The second-order valence-electron chi connectivity index (χ2n) is 5.57. The number of hydrogen-bond donors (Lipinski definition) is 1. The summed E-state index contributed by atoms with van der Waals surface area (Å²) in [7, 11) is 0. The summed E-state index contributed by atoms with van der Waals surface area (Å²) in [5.41, 5.74) is 3.21. The van der Waals surface area contributed by atoms with E-state index in [2.05, 4.69) is 16.4 Å². The molecule has 1 fully saturated rings. The Morgan fingerprint density at radius 3 is 2.60 bits per heavy atom. The van der Waals surface area contributed by atoms with Crippen molar-refractivity contribution >= 4 is 5.91 Å². The molecule has 2 aromatic rings. The molecular formula is C17H18N2O. The molecule has 1 aromatic carbocycles. The number of amides is 1. The van der Waals surface area contributed by atoms with Crippen molar-refractivity contribution in [2.75, 3.05) is 6.54 Å². The fraction of sp³-hybridized carbons (Fsp3) is 0.294. The molecule has 0 spiro atoms. The number of carbonyl (C=O) groups excluding carboxylic acids is 1. The Kier molecular flexibility index (Phi) is 3.26. The number of aromatic nitrogens is 1. The lowest BCUT2D eigenvalue weighted by atomic mass is 9.97. The van der Waals surface area contributed by atoms with Gasteiger partial charge in [-0.3, -0.25) is 9.78 Å². The third-order valence-corrected chi connectivity index (χ3v) is 4.03. The van der Waals surface area contributed by atoms with E-state index in [1.165, 1.54) is 5.56 Å². The highest BCUT2D eigenvalue weighted by Gasteiger charge is 2.44. The van der Waals surface area contributed by atoms with Gasteiger partial charge in [-0.05, 0) is 43.5 Å². The van der Waals surface area contributed by atoms with Crippen molar-refractivity contribution in [3.63, 3.8) is 0 Å². The van der Waals surface area contributed by atoms with E-state index in [-0.39, 0.29) is 11.3 Å². The first-order valence-corrected chi connectivity index (χ1v) is 6.95. The Labute approximate surface area is 119 Å². The molecule has 1 aliphatic carbocycles. The number of aryl methyl sites for hydroxylation is 1. The van der Waals surface area contributed by atoms with Crippen molar-refractivity contribution in [2.24, 2.45) is 0 Å². The predicted octanol–water partition coefficient (Wildman–Crippen LogP) is 2.85. The van der Waals surface area contributed by atoms with Crippen molar-refractivity contribution in [1.82, 2.24) is 10.3 Å². The Bertz CT molecular complexity index is 601. The van der Waals surface area contributed by atoms with Gasteiger partial charge in [0, 0.05) is 29.9 Å². The highest BCUT2D eigenvalue weighted by atomic mass is 16.1. The fourth-order valence-electron chi connectivity index (χ4n) is 2.45. The van der Waals surface area contributed by atoms with Crippen LogP contribution >= 0.6 is 0 Å². The molecular weight excluding hydrogens is 248 g/mol. The van der Waals surface area contributed by atoms with Gasteiger partial charge in [0.1, 0.15) is 0 Å². The van der Waals surface area contributed by atoms with Gasteiger partial charge in [0.15, 0.2) is 0 Å². The van der Waals surface area contributed by atoms with E-state index < -0.39 is 0 Å². The minimum Gasteiger partial charge on any atom is -0.351 e. The van der Waals surface area contributed by atoms with Crippen LogP contribution in [0.5, 0.6) is 0 Å². The smallest absolute Gasteiger partial charge is 0.251 e. The normalized spacial score (nSPS) is 15.7. The van der Waals surface area contributed by atoms with E-state index in [0.29, 0.717) is 6.54 Å². The molecule has 0 bridgehead atoms. The first kappa shape index (κ1) is 12.9. The van der Waals surface area contributed by atoms with Crippen molar-refractivity contribution in [1.29, 1.82) is 0 Å². The second-order valence-corrected chi connectivity index (χ2v) is 5.57. The van der Waals surface area contributed by atoms with E-state index in [0.717, 1.165) is 24.0 Å². The molecule has 1 saturated carbocycles. The third kappa shape index (κ3) is 2.57. The van der Waals surface area contributed by atoms with Gasteiger partial charge in [-0.1, -0.05) is 23.8 Å². The lowest BCUT2D eigenvalue weighted by Gasteiger charge is -2.16. The quantitative estimate of drug-likeness (QED) is 0.924. The maximum Gasteiger partial charge on any atom is 0.251 e. The van der Waals surface area contributed by atoms with Crippen LogP contribution in [0.15, 0.2) is 48.8 Å². The van der Waals surface area contributed by atoms with Crippen LogP contribution in [0.2, 0.25) is 0 Å². The largest absolute Gasteiger partial charge is 0.351 e. The first-order valence-electron chi connectivity index (χ1n) is 6.95. The summed E-state index contributed by atoms with van der Waals surface area (Å²) in [5.74, 6) is 0.000153. The molecule has 102 valence electrons. The lowest BCUT2D eigenvalue weighted by Crippen LogP contribution is -2.32. The van der Waals surface area contributed by atoms with Gasteiger partial charge in [-0.2, -0.15) is 0 Å². The fourth-order valence-corrected chi connectivity index (χ4v) is 2.45. The van der Waals surface area contributed by atoms with E-state index in [9.17, 15) is 4.79 Å². The molecule has 3 heteroatoms. The maximum atomic E-state index is 12.1. The highest BCUT2D eigenvalue weighted by molar-refractivity contribution is 5.94. The molecule has 1 aromatic heterocycles. The summed E-state index contributed by atoms with van der Waals surface area (Å²) >= 11 is 0. The zero-order chi connectivity index (χ0) is 14.0. The SMILES string of the molecule is Cc1ccc(C(=O)NCC2(c3cccnc3)CC2)cc1. The molecule has 1 heterocycles. The molecule has 3 rings (SSSR count). The minimum absolute atomic E-state index is 0.000153. The zero-order valence-corrected chi connectivity index (χ0v) is 11.6. The van der Waals surface area contributed by atoms with Crippen LogP contribution in [0.4, 0.5) is 0 Å². The Hall–Kier alpha value is -2.16. The van der Waals surface area contributed by atoms with Gasteiger partial charge in [-0.25, -0.2) is 0 Å². The van der Waals surface area contributed by atoms with Crippen molar-refractivity contribution in [3.05, 3.63) is 65.5 Å². The van der Waals surface area contributed by atoms with Crippen LogP contribution in [0.3, 0.4) is 0 Å². The lowest BCUT2D eigenvalue weighted by molar-refractivity contribution is 0.0949. The summed E-state index contributed by atoms with van der Waals surface area (Å²) in [4.78, 5) is 16.3. The first-order chi connectivity index (χ1) is 9.70.